The number of benzene rings is 1. The number of pyridine rings is 1. The molecule has 34 heavy (non-hydrogen) atoms. The highest BCUT2D eigenvalue weighted by atomic mass is 32.2. The predicted octanol–water partition coefficient (Wildman–Crippen LogP) is 1.59. The number of carbonyl (C=O) groups is 1. The quantitative estimate of drug-likeness (QED) is 0.703. The number of fused-ring (bicyclic) bond motifs is 4. The summed E-state index contributed by atoms with van der Waals surface area (Å²) < 4.78 is 42.3. The Morgan fingerprint density at radius 1 is 1.15 bits per heavy atom. The smallest absolute Gasteiger partial charge is 0.258 e. The number of aliphatic hydroxyl groups is 1. The highest BCUT2D eigenvalue weighted by Crippen LogP contribution is 2.50. The number of sulfonamides is 1. The average molecular weight is 490 g/mol. The van der Waals surface area contributed by atoms with Gasteiger partial charge in [0, 0.05) is 49.5 Å². The van der Waals surface area contributed by atoms with Crippen molar-refractivity contribution in [3.8, 4) is 11.1 Å². The van der Waals surface area contributed by atoms with Crippen LogP contribution in [0, 0.1) is 17.7 Å². The molecule has 0 aliphatic carbocycles. The number of halogens is 1. The third-order valence-corrected chi connectivity index (χ3v) is 8.72. The lowest BCUT2D eigenvalue weighted by Gasteiger charge is -2.37. The lowest BCUT2D eigenvalue weighted by Crippen LogP contribution is -2.49. The zero-order valence-electron chi connectivity index (χ0n) is 18.9. The third kappa shape index (κ3) is 3.68. The van der Waals surface area contributed by atoms with E-state index in [9.17, 15) is 27.5 Å². The molecule has 3 aliphatic rings. The molecule has 1 amide bonds. The van der Waals surface area contributed by atoms with Crippen LogP contribution in [0.3, 0.4) is 0 Å². The molecule has 1 aromatic heterocycles. The van der Waals surface area contributed by atoms with Gasteiger partial charge in [-0.05, 0) is 49.1 Å². The second-order valence-electron chi connectivity index (χ2n) is 9.46. The van der Waals surface area contributed by atoms with Crippen molar-refractivity contribution >= 4 is 15.9 Å². The van der Waals surface area contributed by atoms with Crippen LogP contribution >= 0.6 is 0 Å². The molecule has 2 saturated heterocycles. The van der Waals surface area contributed by atoms with Crippen molar-refractivity contribution in [3.63, 3.8) is 0 Å². The number of amides is 1. The van der Waals surface area contributed by atoms with Gasteiger partial charge in [0.15, 0.2) is 0 Å². The van der Waals surface area contributed by atoms with Crippen molar-refractivity contribution < 1.29 is 22.7 Å². The Morgan fingerprint density at radius 2 is 1.88 bits per heavy atom. The van der Waals surface area contributed by atoms with E-state index in [-0.39, 0.29) is 24.6 Å². The summed E-state index contributed by atoms with van der Waals surface area (Å²) in [6.45, 7) is 0.872. The summed E-state index contributed by atoms with van der Waals surface area (Å²) in [5, 5.41) is 10.3. The number of nitrogens with zero attached hydrogens (tertiary/aromatic N) is 3. The Labute approximate surface area is 197 Å². The van der Waals surface area contributed by atoms with E-state index in [0.29, 0.717) is 29.9 Å². The van der Waals surface area contributed by atoms with Crippen LogP contribution in [0.25, 0.3) is 11.1 Å². The Bertz CT molecular complexity index is 1290. The Kier molecular flexibility index (Phi) is 5.86. The van der Waals surface area contributed by atoms with E-state index in [2.05, 4.69) is 0 Å². The van der Waals surface area contributed by atoms with Crippen molar-refractivity contribution in [1.29, 1.82) is 0 Å². The fourth-order valence-electron chi connectivity index (χ4n) is 5.99. The summed E-state index contributed by atoms with van der Waals surface area (Å²) in [5.74, 6) is -2.05. The SMILES string of the molecule is CS(=O)(=O)N1[C@@H]2Cn3c(ccc(-c4cccc(F)c4)c3=O)[C@H]1[C@@H](C(=O)N1CCCCC1)[C@@H]2CO. The maximum absolute atomic E-state index is 13.8. The van der Waals surface area contributed by atoms with Gasteiger partial charge in [0.05, 0.1) is 18.2 Å². The highest BCUT2D eigenvalue weighted by Gasteiger charge is 2.59. The number of aromatic nitrogens is 1. The van der Waals surface area contributed by atoms with Crippen molar-refractivity contribution in [2.45, 2.75) is 37.9 Å². The summed E-state index contributed by atoms with van der Waals surface area (Å²) >= 11 is 0. The minimum atomic E-state index is -3.74. The molecule has 182 valence electrons. The standard InChI is InChI=1S/C24H28FN3O5S/c1-34(32,33)28-20-13-27-19(9-8-17(23(27)30)15-6-5-7-16(25)12-15)22(28)21(18(20)14-29)24(31)26-10-3-2-4-11-26/h5-9,12,18,20-22,29H,2-4,10-11,13-14H2,1H3/t18-,20-,21+,22+/m1/s1. The molecule has 0 saturated carbocycles. The molecule has 2 aromatic rings. The van der Waals surface area contributed by atoms with Crippen LogP contribution < -0.4 is 5.56 Å². The van der Waals surface area contributed by atoms with Crippen molar-refractivity contribution in [3.05, 3.63) is 58.3 Å². The first-order valence-corrected chi connectivity index (χ1v) is 13.4. The second kappa shape index (κ2) is 8.58. The van der Waals surface area contributed by atoms with Gasteiger partial charge in [0.1, 0.15) is 5.82 Å². The lowest BCUT2D eigenvalue weighted by molar-refractivity contribution is -0.139. The van der Waals surface area contributed by atoms with Crippen LogP contribution in [-0.4, -0.2) is 65.2 Å². The molecule has 0 spiro atoms. The van der Waals surface area contributed by atoms with Crippen molar-refractivity contribution in [2.24, 2.45) is 11.8 Å². The van der Waals surface area contributed by atoms with Crippen LogP contribution in [0.2, 0.25) is 0 Å². The monoisotopic (exact) mass is 489 g/mol. The van der Waals surface area contributed by atoms with E-state index in [1.165, 1.54) is 27.1 Å². The van der Waals surface area contributed by atoms with Crippen LogP contribution in [0.5, 0.6) is 0 Å². The van der Waals surface area contributed by atoms with Gasteiger partial charge < -0.3 is 14.6 Å². The van der Waals surface area contributed by atoms with Gasteiger partial charge in [0.2, 0.25) is 15.9 Å². The summed E-state index contributed by atoms with van der Waals surface area (Å²) in [6.07, 6.45) is 3.92. The summed E-state index contributed by atoms with van der Waals surface area (Å²) in [6, 6.07) is 7.38. The molecular weight excluding hydrogens is 461 g/mol. The molecule has 1 aromatic carbocycles. The first-order chi connectivity index (χ1) is 16.2. The Hall–Kier alpha value is -2.56. The van der Waals surface area contributed by atoms with Gasteiger partial charge in [-0.25, -0.2) is 12.8 Å². The fourth-order valence-corrected chi connectivity index (χ4v) is 7.36. The minimum Gasteiger partial charge on any atom is -0.396 e. The van der Waals surface area contributed by atoms with E-state index in [4.69, 9.17) is 0 Å². The molecule has 0 unspecified atom stereocenters. The van der Waals surface area contributed by atoms with Crippen LogP contribution in [0.1, 0.15) is 31.0 Å². The molecule has 4 atom stereocenters. The molecule has 0 radical (unpaired) electrons. The second-order valence-corrected chi connectivity index (χ2v) is 11.3. The highest BCUT2D eigenvalue weighted by molar-refractivity contribution is 7.88. The first-order valence-electron chi connectivity index (χ1n) is 11.6. The average Bonchev–Trinajstić information content (AvgIpc) is 3.07. The van der Waals surface area contributed by atoms with Gasteiger partial charge >= 0.3 is 0 Å². The molecule has 8 nitrogen and oxygen atoms in total. The molecule has 1 N–H and O–H groups in total. The van der Waals surface area contributed by atoms with E-state index < -0.39 is 39.8 Å². The van der Waals surface area contributed by atoms with Crippen LogP contribution in [0.4, 0.5) is 4.39 Å². The lowest BCUT2D eigenvalue weighted by atomic mass is 9.85. The minimum absolute atomic E-state index is 0.0237. The number of aliphatic hydroxyl groups excluding tert-OH is 1. The van der Waals surface area contributed by atoms with Gasteiger partial charge in [0.25, 0.3) is 5.56 Å². The third-order valence-electron chi connectivity index (χ3n) is 7.46. The number of rotatable bonds is 4. The fraction of sp³-hybridized carbons (Fsp3) is 0.500. The van der Waals surface area contributed by atoms with Crippen LogP contribution in [-0.2, 0) is 21.4 Å². The number of likely N-dealkylation sites (tertiary alicyclic amines) is 1. The van der Waals surface area contributed by atoms with Crippen molar-refractivity contribution in [2.75, 3.05) is 26.0 Å². The van der Waals surface area contributed by atoms with Gasteiger partial charge in [-0.2, -0.15) is 4.31 Å². The Morgan fingerprint density at radius 3 is 2.53 bits per heavy atom. The topological polar surface area (TPSA) is 99.9 Å². The van der Waals surface area contributed by atoms with E-state index >= 15 is 0 Å². The van der Waals surface area contributed by atoms with E-state index in [0.717, 1.165) is 25.5 Å². The molecule has 3 aliphatic heterocycles. The molecular formula is C24H28FN3O5S. The Balaban J connectivity index is 1.65. The number of hydrogen-bond acceptors (Lipinski definition) is 5. The maximum atomic E-state index is 13.8. The number of carbonyl (C=O) groups excluding carboxylic acids is 1. The van der Waals surface area contributed by atoms with Crippen LogP contribution in [0.15, 0.2) is 41.2 Å². The predicted molar refractivity (Wildman–Crippen MR) is 124 cm³/mol. The molecule has 2 bridgehead atoms. The zero-order valence-corrected chi connectivity index (χ0v) is 19.7. The summed E-state index contributed by atoms with van der Waals surface area (Å²) in [4.78, 5) is 28.9. The molecule has 2 fully saturated rings. The molecule has 10 heteroatoms. The summed E-state index contributed by atoms with van der Waals surface area (Å²) in [7, 11) is -3.74. The van der Waals surface area contributed by atoms with Crippen molar-refractivity contribution in [1.82, 2.24) is 13.8 Å². The largest absolute Gasteiger partial charge is 0.396 e. The van der Waals surface area contributed by atoms with Gasteiger partial charge in [-0.3, -0.25) is 9.59 Å². The zero-order chi connectivity index (χ0) is 24.2. The first kappa shape index (κ1) is 23.2. The number of piperidine rings is 1. The van der Waals surface area contributed by atoms with Gasteiger partial charge in [-0.15, -0.1) is 0 Å². The maximum Gasteiger partial charge on any atom is 0.258 e. The van der Waals surface area contributed by atoms with Gasteiger partial charge in [-0.1, -0.05) is 12.1 Å². The van der Waals surface area contributed by atoms with E-state index in [1.807, 2.05) is 0 Å². The molecule has 4 heterocycles. The number of hydrogen-bond donors (Lipinski definition) is 1. The van der Waals surface area contributed by atoms with E-state index in [1.54, 1.807) is 23.1 Å². The summed E-state index contributed by atoms with van der Waals surface area (Å²) in [5.41, 5.74) is 0.792. The molecule has 5 rings (SSSR count). The normalized spacial score (nSPS) is 27.0.